The Morgan fingerprint density at radius 1 is 1.30 bits per heavy atom. The van der Waals surface area contributed by atoms with Crippen molar-refractivity contribution in [2.24, 2.45) is 0 Å². The molecule has 0 spiro atoms. The molecule has 2 aromatic rings. The predicted octanol–water partition coefficient (Wildman–Crippen LogP) is 3.39. The van der Waals surface area contributed by atoms with Crippen LogP contribution >= 0.6 is 11.8 Å². The van der Waals surface area contributed by atoms with Gasteiger partial charge in [0.15, 0.2) is 5.16 Å². The molecular weight excluding hydrogens is 268 g/mol. The van der Waals surface area contributed by atoms with Crippen LogP contribution in [0.25, 0.3) is 0 Å². The first-order chi connectivity index (χ1) is 9.60. The van der Waals surface area contributed by atoms with Crippen LogP contribution in [0.4, 0.5) is 0 Å². The molecule has 1 atom stereocenters. The van der Waals surface area contributed by atoms with Gasteiger partial charge in [-0.3, -0.25) is 0 Å². The molecule has 0 radical (unpaired) electrons. The molecule has 0 N–H and O–H groups in total. The Labute approximate surface area is 123 Å². The maximum atomic E-state index is 9.34. The van der Waals surface area contributed by atoms with Gasteiger partial charge in [-0.25, -0.2) is 0 Å². The van der Waals surface area contributed by atoms with Crippen molar-refractivity contribution in [3.63, 3.8) is 0 Å². The van der Waals surface area contributed by atoms with Gasteiger partial charge in [0.2, 0.25) is 0 Å². The number of hydrogen-bond acceptors (Lipinski definition) is 4. The van der Waals surface area contributed by atoms with Crippen LogP contribution in [0.1, 0.15) is 31.0 Å². The van der Waals surface area contributed by atoms with E-state index in [1.807, 2.05) is 4.57 Å². The predicted molar refractivity (Wildman–Crippen MR) is 80.5 cm³/mol. The average molecular weight is 286 g/mol. The number of hydrogen-bond donors (Lipinski definition) is 0. The third kappa shape index (κ3) is 3.61. The first-order valence-corrected chi connectivity index (χ1v) is 7.49. The highest BCUT2D eigenvalue weighted by Crippen LogP contribution is 2.25. The quantitative estimate of drug-likeness (QED) is 0.791. The van der Waals surface area contributed by atoms with E-state index in [0.717, 1.165) is 5.16 Å². The summed E-state index contributed by atoms with van der Waals surface area (Å²) in [4.78, 5) is 0. The van der Waals surface area contributed by atoms with E-state index in [-0.39, 0.29) is 5.25 Å². The number of nitrogens with zero attached hydrogens (tertiary/aromatic N) is 4. The minimum absolute atomic E-state index is 0.153. The minimum atomic E-state index is -0.153. The molecule has 0 saturated heterocycles. The van der Waals surface area contributed by atoms with Crippen LogP contribution in [0.3, 0.4) is 0 Å². The SMILES string of the molecule is Cc1ccc(CC(C#N)Sc2nncn2C(C)C)cc1. The summed E-state index contributed by atoms with van der Waals surface area (Å²) in [6.45, 7) is 6.22. The van der Waals surface area contributed by atoms with E-state index in [9.17, 15) is 5.26 Å². The fraction of sp³-hybridized carbons (Fsp3) is 0.400. The van der Waals surface area contributed by atoms with Gasteiger partial charge in [-0.1, -0.05) is 41.6 Å². The van der Waals surface area contributed by atoms with Crippen molar-refractivity contribution >= 4 is 11.8 Å². The van der Waals surface area contributed by atoms with Crippen molar-refractivity contribution < 1.29 is 0 Å². The Kier molecular flexibility index (Phi) is 4.80. The summed E-state index contributed by atoms with van der Waals surface area (Å²) in [5.41, 5.74) is 2.40. The lowest BCUT2D eigenvalue weighted by molar-refractivity contribution is 0.549. The van der Waals surface area contributed by atoms with Crippen LogP contribution in [-0.4, -0.2) is 20.0 Å². The Morgan fingerprint density at radius 3 is 2.60 bits per heavy atom. The molecule has 0 fully saturated rings. The fourth-order valence-corrected chi connectivity index (χ4v) is 2.91. The van der Waals surface area contributed by atoms with Crippen molar-refractivity contribution in [1.82, 2.24) is 14.8 Å². The summed E-state index contributed by atoms with van der Waals surface area (Å²) in [6, 6.07) is 11.0. The summed E-state index contributed by atoms with van der Waals surface area (Å²) >= 11 is 1.48. The second-order valence-corrected chi connectivity index (χ2v) is 6.21. The van der Waals surface area contributed by atoms with Crippen LogP contribution in [0.5, 0.6) is 0 Å². The number of aryl methyl sites for hydroxylation is 1. The van der Waals surface area contributed by atoms with Crippen molar-refractivity contribution in [1.29, 1.82) is 5.26 Å². The second-order valence-electron chi connectivity index (χ2n) is 5.04. The molecule has 0 saturated carbocycles. The van der Waals surface area contributed by atoms with Gasteiger partial charge >= 0.3 is 0 Å². The Balaban J connectivity index is 2.08. The summed E-state index contributed by atoms with van der Waals surface area (Å²) in [7, 11) is 0. The highest BCUT2D eigenvalue weighted by atomic mass is 32.2. The lowest BCUT2D eigenvalue weighted by atomic mass is 10.1. The molecule has 0 aliphatic carbocycles. The van der Waals surface area contributed by atoms with Gasteiger partial charge in [0.25, 0.3) is 0 Å². The van der Waals surface area contributed by atoms with Crippen LogP contribution in [0, 0.1) is 18.3 Å². The summed E-state index contributed by atoms with van der Waals surface area (Å²) in [5, 5.41) is 18.0. The van der Waals surface area contributed by atoms with E-state index in [4.69, 9.17) is 0 Å². The van der Waals surface area contributed by atoms with Crippen molar-refractivity contribution in [3.05, 3.63) is 41.7 Å². The van der Waals surface area contributed by atoms with E-state index in [1.54, 1.807) is 6.33 Å². The lowest BCUT2D eigenvalue weighted by Gasteiger charge is -2.12. The second kappa shape index (κ2) is 6.58. The van der Waals surface area contributed by atoms with E-state index in [0.29, 0.717) is 12.5 Å². The van der Waals surface area contributed by atoms with Crippen molar-refractivity contribution in [3.8, 4) is 6.07 Å². The Morgan fingerprint density at radius 2 is 2.00 bits per heavy atom. The monoisotopic (exact) mass is 286 g/mol. The largest absolute Gasteiger partial charge is 0.306 e. The van der Waals surface area contributed by atoms with E-state index in [2.05, 4.69) is 61.3 Å². The highest BCUT2D eigenvalue weighted by Gasteiger charge is 2.16. The van der Waals surface area contributed by atoms with Gasteiger partial charge in [-0.15, -0.1) is 10.2 Å². The zero-order valence-corrected chi connectivity index (χ0v) is 12.8. The summed E-state index contributed by atoms with van der Waals surface area (Å²) < 4.78 is 1.99. The van der Waals surface area contributed by atoms with Crippen molar-refractivity contribution in [2.45, 2.75) is 43.6 Å². The molecule has 5 heteroatoms. The third-order valence-corrected chi connectivity index (χ3v) is 4.09. The minimum Gasteiger partial charge on any atom is -0.306 e. The fourth-order valence-electron chi connectivity index (χ4n) is 1.85. The lowest BCUT2D eigenvalue weighted by Crippen LogP contribution is -2.08. The van der Waals surface area contributed by atoms with Gasteiger partial charge < -0.3 is 4.57 Å². The van der Waals surface area contributed by atoms with Gasteiger partial charge in [-0.05, 0) is 32.8 Å². The van der Waals surface area contributed by atoms with E-state index < -0.39 is 0 Å². The molecule has 104 valence electrons. The van der Waals surface area contributed by atoms with Crippen LogP contribution in [0.2, 0.25) is 0 Å². The molecule has 0 bridgehead atoms. The average Bonchev–Trinajstić information content (AvgIpc) is 2.88. The van der Waals surface area contributed by atoms with Gasteiger partial charge in [0.05, 0.1) is 6.07 Å². The first-order valence-electron chi connectivity index (χ1n) is 6.61. The zero-order chi connectivity index (χ0) is 14.5. The smallest absolute Gasteiger partial charge is 0.192 e. The number of benzene rings is 1. The highest BCUT2D eigenvalue weighted by molar-refractivity contribution is 8.00. The van der Waals surface area contributed by atoms with Gasteiger partial charge in [0, 0.05) is 6.04 Å². The zero-order valence-electron chi connectivity index (χ0n) is 11.9. The summed E-state index contributed by atoms with van der Waals surface area (Å²) in [5.74, 6) is 0. The Bertz CT molecular complexity index is 595. The molecule has 1 aromatic heterocycles. The first kappa shape index (κ1) is 14.6. The normalized spacial score (nSPS) is 12.3. The molecule has 4 nitrogen and oxygen atoms in total. The number of nitriles is 1. The summed E-state index contributed by atoms with van der Waals surface area (Å²) in [6.07, 6.45) is 2.43. The van der Waals surface area contributed by atoms with E-state index >= 15 is 0 Å². The third-order valence-electron chi connectivity index (χ3n) is 3.03. The maximum absolute atomic E-state index is 9.34. The number of thioether (sulfide) groups is 1. The van der Waals surface area contributed by atoms with Crippen LogP contribution < -0.4 is 0 Å². The Hall–Kier alpha value is -1.80. The molecule has 0 amide bonds. The molecule has 20 heavy (non-hydrogen) atoms. The van der Waals surface area contributed by atoms with Crippen LogP contribution in [-0.2, 0) is 6.42 Å². The number of rotatable bonds is 5. The molecular formula is C15H18N4S. The van der Waals surface area contributed by atoms with Crippen LogP contribution in [0.15, 0.2) is 35.7 Å². The topological polar surface area (TPSA) is 54.5 Å². The molecule has 1 unspecified atom stereocenters. The molecule has 2 rings (SSSR count). The molecule has 0 aliphatic rings. The van der Waals surface area contributed by atoms with Gasteiger partial charge in [-0.2, -0.15) is 5.26 Å². The standard InChI is InChI=1S/C15H18N4S/c1-11(2)19-10-17-18-15(19)20-14(9-16)8-13-6-4-12(3)5-7-13/h4-7,10-11,14H,8H2,1-3H3. The molecule has 0 aliphatic heterocycles. The van der Waals surface area contributed by atoms with E-state index in [1.165, 1.54) is 22.9 Å². The molecule has 1 aromatic carbocycles. The number of aromatic nitrogens is 3. The van der Waals surface area contributed by atoms with Gasteiger partial charge in [0.1, 0.15) is 11.6 Å². The maximum Gasteiger partial charge on any atom is 0.192 e. The van der Waals surface area contributed by atoms with Crippen molar-refractivity contribution in [2.75, 3.05) is 0 Å². The molecule has 1 heterocycles.